The fourth-order valence-corrected chi connectivity index (χ4v) is 18.0. The van der Waals surface area contributed by atoms with Crippen molar-refractivity contribution >= 4 is 115 Å². The molecule has 0 aromatic heterocycles. The SMILES string of the molecule is CN1/C(=C/C=C/C2=[N+](Cc3ccc(C[N+]4=C(/C=C/C=C5/N(C)c6cc([N+](=O)[O-])c(Br)cc6C5(Cc5ccccc5)Cc5ccccc5)C(C)(C)c5c4ccc4ccccc54)cc3)c3ccc4ccccc4c3C2(C)C)C(Cc2ccccc2)(Cc2ccccc2)c2cc(Br)c([N+](=O)[O-])cc21.F[P-](F)(F)(F)(F)F.F[P-](F)(F)(F)(F)F. The molecule has 0 amide bonds. The molecule has 11 aromatic carbocycles. The molecule has 11 aromatic rings. The van der Waals surface area contributed by atoms with Gasteiger partial charge >= 0.3 is 66.0 Å². The normalized spacial score (nSPS) is 17.7. The number of fused-ring (bicyclic) bond motifs is 8. The van der Waals surface area contributed by atoms with Crippen LogP contribution in [-0.2, 0) is 60.4 Å². The van der Waals surface area contributed by atoms with E-state index in [1.54, 1.807) is 12.1 Å². The molecule has 0 aliphatic carbocycles. The summed E-state index contributed by atoms with van der Waals surface area (Å²) in [6.07, 6.45) is 16.3. The van der Waals surface area contributed by atoms with Crippen LogP contribution in [0.3, 0.4) is 0 Å². The Kier molecular flexibility index (Phi) is 20.7. The number of nitrogens with zero attached hydrogens (tertiary/aromatic N) is 6. The zero-order valence-corrected chi connectivity index (χ0v) is 67.3. The molecule has 0 saturated heterocycles. The first-order chi connectivity index (χ1) is 53.2. The van der Waals surface area contributed by atoms with Crippen molar-refractivity contribution in [1.29, 1.82) is 0 Å². The molecule has 0 bridgehead atoms. The van der Waals surface area contributed by atoms with Crippen LogP contribution in [-0.4, -0.2) is 44.5 Å². The number of anilines is 2. The molecule has 0 unspecified atom stereocenters. The Morgan fingerprint density at radius 3 is 0.965 bits per heavy atom. The second-order valence-electron chi connectivity index (χ2n) is 30.2. The first-order valence-electron chi connectivity index (χ1n) is 36.2. The van der Waals surface area contributed by atoms with Crippen LogP contribution >= 0.6 is 47.5 Å². The average molecular weight is 1730 g/mol. The van der Waals surface area contributed by atoms with Crippen LogP contribution in [0.15, 0.2) is 299 Å². The quantitative estimate of drug-likeness (QED) is 0.0279. The van der Waals surface area contributed by atoms with Gasteiger partial charge in [-0.1, -0.05) is 206 Å². The predicted octanol–water partition coefficient (Wildman–Crippen LogP) is 27.9. The summed E-state index contributed by atoms with van der Waals surface area (Å²) < 4.78 is 124. The van der Waals surface area contributed by atoms with E-state index < -0.39 is 37.3 Å². The van der Waals surface area contributed by atoms with Crippen LogP contribution < -0.4 is 9.80 Å². The van der Waals surface area contributed by atoms with Gasteiger partial charge in [-0.25, -0.2) is 0 Å². The van der Waals surface area contributed by atoms with Crippen molar-refractivity contribution in [3.05, 3.63) is 375 Å². The molecule has 0 fully saturated rings. The van der Waals surface area contributed by atoms with Gasteiger partial charge in [-0.15, -0.1) is 0 Å². The number of likely N-dealkylation sites (N-methyl/N-ethyl adjacent to an activating group) is 2. The predicted molar refractivity (Wildman–Crippen MR) is 442 cm³/mol. The van der Waals surface area contributed by atoms with Crippen LogP contribution in [0.2, 0.25) is 0 Å². The number of allylic oxidation sites excluding steroid dienone is 8. The van der Waals surface area contributed by atoms with Crippen LogP contribution in [0.5, 0.6) is 0 Å². The van der Waals surface area contributed by atoms with Crippen molar-refractivity contribution in [1.82, 2.24) is 0 Å². The molecule has 4 aliphatic rings. The summed E-state index contributed by atoms with van der Waals surface area (Å²) in [6.45, 7) is 10.6. The number of nitro groups is 2. The molecule has 0 saturated carbocycles. The van der Waals surface area contributed by atoms with E-state index in [1.807, 2.05) is 36.4 Å². The maximum atomic E-state index is 12.6. The molecule has 10 nitrogen and oxygen atoms in total. The van der Waals surface area contributed by atoms with Crippen molar-refractivity contribution in [2.45, 2.75) is 88.1 Å². The van der Waals surface area contributed by atoms with Crippen LogP contribution in [0, 0.1) is 20.2 Å². The summed E-state index contributed by atoms with van der Waals surface area (Å²) in [4.78, 5) is 28.9. The van der Waals surface area contributed by atoms with Gasteiger partial charge < -0.3 is 9.80 Å². The van der Waals surface area contributed by atoms with E-state index in [4.69, 9.17) is 0 Å². The molecule has 26 heteroatoms. The zero-order valence-electron chi connectivity index (χ0n) is 62.3. The summed E-state index contributed by atoms with van der Waals surface area (Å²) in [7, 11) is -17.2. The Hall–Kier alpha value is -10.4. The molecule has 4 heterocycles. The van der Waals surface area contributed by atoms with Crippen LogP contribution in [0.1, 0.15) is 83.3 Å². The first-order valence-corrected chi connectivity index (χ1v) is 41.8. The van der Waals surface area contributed by atoms with Crippen molar-refractivity contribution in [3.63, 3.8) is 0 Å². The van der Waals surface area contributed by atoms with E-state index in [9.17, 15) is 70.6 Å². The van der Waals surface area contributed by atoms with Crippen LogP contribution in [0.25, 0.3) is 21.5 Å². The summed E-state index contributed by atoms with van der Waals surface area (Å²) >= 11 is 7.30. The average Bonchev–Trinajstić information content (AvgIpc) is 1.53. The van der Waals surface area contributed by atoms with Crippen LogP contribution in [0.4, 0.5) is 84.5 Å². The number of hydrogen-bond donors (Lipinski definition) is 0. The minimum absolute atomic E-state index is 0.0330. The summed E-state index contributed by atoms with van der Waals surface area (Å²) in [5.74, 6) is 0. The molecule has 0 spiro atoms. The fraction of sp³-hybridized carbons (Fsp3) is 0.182. The molecule has 114 heavy (non-hydrogen) atoms. The van der Waals surface area contributed by atoms with Crippen molar-refractivity contribution in [2.75, 3.05) is 23.9 Å². The third-order valence-electron chi connectivity index (χ3n) is 21.6. The second kappa shape index (κ2) is 28.9. The molecule has 15 rings (SSSR count). The Balaban J connectivity index is 0.000000743. The van der Waals surface area contributed by atoms with E-state index in [0.717, 1.165) is 45.3 Å². The molecule has 590 valence electrons. The third kappa shape index (κ3) is 17.9. The Bertz CT molecular complexity index is 5410. The van der Waals surface area contributed by atoms with E-state index in [0.29, 0.717) is 47.7 Å². The summed E-state index contributed by atoms with van der Waals surface area (Å²) in [5.41, 5.74) is 18.2. The van der Waals surface area contributed by atoms with Gasteiger partial charge in [0.2, 0.25) is 11.4 Å². The summed E-state index contributed by atoms with van der Waals surface area (Å²) in [6, 6.07) is 85.5. The van der Waals surface area contributed by atoms with E-state index >= 15 is 0 Å². The van der Waals surface area contributed by atoms with Gasteiger partial charge in [-0.3, -0.25) is 20.2 Å². The standard InChI is InChI=1S/C88H76Br2N6O4.2F6P/c1-85(2)79(37-23-39-81-87(53-59-25-11-7-12-26-59,54-60-27-13-8-14-28-60)69-49-71(89)77(95(97)98)51-75(69)91(81)5)93(73-47-45-65-33-19-21-35-67(65)83(73)85)57-63-41-43-64(44-42-63)58-94-74-48-46-66-34-20-22-36-68(66)84(74)86(3,4)80(94)38-24-40-82-88(55-61-29-15-9-16-30-61,56-62-31-17-10-18-32-62)70-50-72(90)78(96(99)100)52-76(70)92(82)6;2*1-7(2,3,4,5)6/h7-52H,53-58H2,1-6H3;;/q+2;2*-1. The van der Waals surface area contributed by atoms with Gasteiger partial charge in [0.15, 0.2) is 24.5 Å². The van der Waals surface area contributed by atoms with E-state index in [1.165, 1.54) is 77.4 Å². The summed E-state index contributed by atoms with van der Waals surface area (Å²) in [5, 5.41) is 30.0. The monoisotopic (exact) mass is 1730 g/mol. The number of rotatable bonds is 18. The topological polar surface area (TPSA) is 98.8 Å². The van der Waals surface area contributed by atoms with Crippen molar-refractivity contribution < 1.29 is 69.4 Å². The Morgan fingerprint density at radius 2 is 0.675 bits per heavy atom. The fourth-order valence-electron chi connectivity index (χ4n) is 17.1. The maximum absolute atomic E-state index is 12.6. The molecular formula is C88H76Br2F12N6O4P2. The van der Waals surface area contributed by atoms with Crippen molar-refractivity contribution in [2.24, 2.45) is 0 Å². The molecular weight excluding hydrogens is 1650 g/mol. The third-order valence-corrected chi connectivity index (χ3v) is 22.9. The van der Waals surface area contributed by atoms with Gasteiger partial charge in [-0.05, 0) is 177 Å². The Labute approximate surface area is 667 Å². The Morgan fingerprint density at radius 1 is 0.395 bits per heavy atom. The van der Waals surface area contributed by atoms with Gasteiger partial charge in [0, 0.05) is 95.0 Å². The number of hydrogen-bond acceptors (Lipinski definition) is 6. The molecule has 0 radical (unpaired) electrons. The number of benzene rings is 11. The van der Waals surface area contributed by atoms with E-state index in [2.05, 4.69) is 323 Å². The second-order valence-corrected chi connectivity index (χ2v) is 35.7. The number of halogens is 14. The zero-order chi connectivity index (χ0) is 82.1. The minimum atomic E-state index is -10.7. The van der Waals surface area contributed by atoms with Gasteiger partial charge in [0.25, 0.3) is 11.4 Å². The van der Waals surface area contributed by atoms with E-state index in [-0.39, 0.29) is 21.2 Å². The molecule has 4 aliphatic heterocycles. The van der Waals surface area contributed by atoms with Gasteiger partial charge in [0.1, 0.15) is 0 Å². The van der Waals surface area contributed by atoms with Gasteiger partial charge in [-0.2, -0.15) is 9.15 Å². The molecule has 0 atom stereocenters. The van der Waals surface area contributed by atoms with Gasteiger partial charge in [0.05, 0.1) is 41.0 Å². The molecule has 0 N–H and O–H groups in total. The number of nitro benzene ring substituents is 2. The first kappa shape index (κ1) is 81.6. The van der Waals surface area contributed by atoms with Crippen molar-refractivity contribution in [3.8, 4) is 0 Å².